The topological polar surface area (TPSA) is 105 Å². The maximum absolute atomic E-state index is 12.8. The molecular formula is C23H20N4O3. The fourth-order valence-electron chi connectivity index (χ4n) is 3.86. The van der Waals surface area contributed by atoms with Gasteiger partial charge in [0.2, 0.25) is 0 Å². The first-order valence-corrected chi connectivity index (χ1v) is 9.78. The maximum atomic E-state index is 12.8. The second-order valence-electron chi connectivity index (χ2n) is 7.51. The van der Waals surface area contributed by atoms with Crippen molar-refractivity contribution in [1.82, 2.24) is 14.9 Å². The minimum absolute atomic E-state index is 0.0339. The van der Waals surface area contributed by atoms with Gasteiger partial charge in [0.1, 0.15) is 11.4 Å². The molecule has 0 aliphatic carbocycles. The number of H-pyrrole nitrogens is 1. The van der Waals surface area contributed by atoms with Gasteiger partial charge < -0.3 is 15.1 Å². The summed E-state index contributed by atoms with van der Waals surface area (Å²) in [5.74, 6) is 0.544. The lowest BCUT2D eigenvalue weighted by Gasteiger charge is -2.27. The molecule has 7 nitrogen and oxygen atoms in total. The summed E-state index contributed by atoms with van der Waals surface area (Å²) < 4.78 is 5.62. The number of aromatic amines is 1. The van der Waals surface area contributed by atoms with Gasteiger partial charge in [-0.3, -0.25) is 14.5 Å². The van der Waals surface area contributed by atoms with Crippen LogP contribution in [0.3, 0.4) is 0 Å². The molecule has 2 aromatic heterocycles. The summed E-state index contributed by atoms with van der Waals surface area (Å²) in [7, 11) is 0. The van der Waals surface area contributed by atoms with E-state index in [1.54, 1.807) is 24.3 Å². The predicted octanol–water partition coefficient (Wildman–Crippen LogP) is 2.68. The maximum Gasteiger partial charge on any atom is 0.255 e. The Morgan fingerprint density at radius 3 is 2.73 bits per heavy atom. The largest absolute Gasteiger partial charge is 0.464 e. The van der Waals surface area contributed by atoms with E-state index in [1.807, 2.05) is 24.3 Å². The summed E-state index contributed by atoms with van der Waals surface area (Å²) >= 11 is 0. The molecule has 0 atom stereocenters. The number of hydrogen-bond donors (Lipinski definition) is 2. The number of benzene rings is 2. The van der Waals surface area contributed by atoms with Crippen LogP contribution in [0.25, 0.3) is 22.4 Å². The number of rotatable bonds is 3. The minimum atomic E-state index is -0.151. The molecule has 0 saturated heterocycles. The Morgan fingerprint density at radius 1 is 1.10 bits per heavy atom. The third kappa shape index (κ3) is 3.29. The highest BCUT2D eigenvalue weighted by molar-refractivity contribution is 5.76. The van der Waals surface area contributed by atoms with Crippen LogP contribution in [0.4, 0.5) is 5.69 Å². The third-order valence-corrected chi connectivity index (χ3v) is 5.48. The van der Waals surface area contributed by atoms with Crippen LogP contribution in [0.5, 0.6) is 0 Å². The minimum Gasteiger partial charge on any atom is -0.464 e. The van der Waals surface area contributed by atoms with Crippen LogP contribution >= 0.6 is 0 Å². The van der Waals surface area contributed by atoms with Crippen molar-refractivity contribution in [3.63, 3.8) is 0 Å². The highest BCUT2D eigenvalue weighted by Crippen LogP contribution is 2.21. The van der Waals surface area contributed by atoms with Gasteiger partial charge in [-0.25, -0.2) is 4.98 Å². The Hall–Kier alpha value is -3.71. The zero-order chi connectivity index (χ0) is 20.7. The lowest BCUT2D eigenvalue weighted by atomic mass is 10.1. The second-order valence-corrected chi connectivity index (χ2v) is 7.51. The van der Waals surface area contributed by atoms with Gasteiger partial charge in [-0.1, -0.05) is 12.1 Å². The normalized spacial score (nSPS) is 14.0. The number of fused-ring (bicyclic) bond motifs is 2. The monoisotopic (exact) mass is 400 g/mol. The van der Waals surface area contributed by atoms with Gasteiger partial charge in [0.05, 0.1) is 22.9 Å². The van der Waals surface area contributed by atoms with Crippen LogP contribution in [0.2, 0.25) is 0 Å². The molecule has 0 bridgehead atoms. The van der Waals surface area contributed by atoms with Crippen LogP contribution in [0.15, 0.2) is 68.8 Å². The Kier molecular flexibility index (Phi) is 4.44. The van der Waals surface area contributed by atoms with Crippen molar-refractivity contribution >= 4 is 16.7 Å². The fraction of sp³-hybridized carbons (Fsp3) is 0.174. The molecule has 0 fully saturated rings. The predicted molar refractivity (Wildman–Crippen MR) is 115 cm³/mol. The van der Waals surface area contributed by atoms with E-state index < -0.39 is 0 Å². The zero-order valence-corrected chi connectivity index (χ0v) is 16.2. The number of nitrogens with one attached hydrogen (secondary N) is 1. The first-order chi connectivity index (χ1) is 14.6. The van der Waals surface area contributed by atoms with E-state index in [9.17, 15) is 9.59 Å². The summed E-state index contributed by atoms with van der Waals surface area (Å²) in [6, 6.07) is 14.5. The summed E-state index contributed by atoms with van der Waals surface area (Å²) in [6.07, 6.45) is 2.16. The van der Waals surface area contributed by atoms with Crippen molar-refractivity contribution < 1.29 is 4.42 Å². The Morgan fingerprint density at radius 2 is 1.90 bits per heavy atom. The van der Waals surface area contributed by atoms with E-state index in [1.165, 1.54) is 6.26 Å². The van der Waals surface area contributed by atoms with Crippen LogP contribution in [0, 0.1) is 0 Å². The molecule has 2 aromatic carbocycles. The molecular weight excluding hydrogens is 380 g/mol. The Bertz CT molecular complexity index is 1360. The zero-order valence-electron chi connectivity index (χ0n) is 16.2. The molecule has 0 radical (unpaired) electrons. The highest BCUT2D eigenvalue weighted by atomic mass is 16.3. The molecule has 0 spiro atoms. The van der Waals surface area contributed by atoms with Gasteiger partial charge in [-0.15, -0.1) is 0 Å². The molecule has 0 amide bonds. The SMILES string of the molecule is Nc1ccc(-c2nc3c(c(=O)[nH]2)CN(Cc2coc4ccccc4c2=O)CC3)cc1. The molecule has 7 heteroatoms. The van der Waals surface area contributed by atoms with Crippen molar-refractivity contribution in [2.24, 2.45) is 0 Å². The molecule has 1 aliphatic rings. The number of nitrogens with two attached hydrogens (primary N) is 1. The molecule has 1 aliphatic heterocycles. The van der Waals surface area contributed by atoms with Gasteiger partial charge in [0.15, 0.2) is 5.43 Å². The molecule has 3 N–H and O–H groups in total. The number of aromatic nitrogens is 2. The van der Waals surface area contributed by atoms with Crippen LogP contribution in [-0.2, 0) is 19.5 Å². The van der Waals surface area contributed by atoms with Crippen molar-refractivity contribution in [3.8, 4) is 11.4 Å². The summed E-state index contributed by atoms with van der Waals surface area (Å²) in [4.78, 5) is 35.1. The smallest absolute Gasteiger partial charge is 0.255 e. The van der Waals surface area contributed by atoms with Crippen molar-refractivity contribution in [2.45, 2.75) is 19.5 Å². The number of nitrogen functional groups attached to an aromatic ring is 1. The van der Waals surface area contributed by atoms with Gasteiger partial charge in [-0.2, -0.15) is 0 Å². The number of nitrogens with zero attached hydrogens (tertiary/aromatic N) is 2. The van der Waals surface area contributed by atoms with E-state index in [4.69, 9.17) is 10.2 Å². The van der Waals surface area contributed by atoms with Crippen molar-refractivity contribution in [3.05, 3.63) is 92.2 Å². The van der Waals surface area contributed by atoms with Gasteiger partial charge in [0, 0.05) is 42.9 Å². The van der Waals surface area contributed by atoms with Gasteiger partial charge in [-0.05, 0) is 36.4 Å². The Labute approximate surface area is 171 Å². The van der Waals surface area contributed by atoms with E-state index in [0.29, 0.717) is 59.7 Å². The van der Waals surface area contributed by atoms with Gasteiger partial charge in [0.25, 0.3) is 5.56 Å². The molecule has 5 rings (SSSR count). The molecule has 4 aromatic rings. The van der Waals surface area contributed by atoms with Crippen LogP contribution in [0.1, 0.15) is 16.8 Å². The standard InChI is InChI=1S/C23H20N4O3/c24-16-7-5-14(6-8-16)22-25-19-9-10-27(12-18(19)23(29)26-22)11-15-13-30-20-4-2-1-3-17(20)21(15)28/h1-8,13H,9-12,24H2,(H,25,26,29). The van der Waals surface area contributed by atoms with Crippen molar-refractivity contribution in [1.29, 1.82) is 0 Å². The van der Waals surface area contributed by atoms with E-state index in [-0.39, 0.29) is 11.0 Å². The van der Waals surface area contributed by atoms with E-state index >= 15 is 0 Å². The second kappa shape index (κ2) is 7.27. The number of anilines is 1. The highest BCUT2D eigenvalue weighted by Gasteiger charge is 2.22. The fourth-order valence-corrected chi connectivity index (χ4v) is 3.86. The first-order valence-electron chi connectivity index (χ1n) is 9.78. The number of para-hydroxylation sites is 1. The van der Waals surface area contributed by atoms with Crippen molar-refractivity contribution in [2.75, 3.05) is 12.3 Å². The van der Waals surface area contributed by atoms with Crippen LogP contribution in [-0.4, -0.2) is 21.4 Å². The quantitative estimate of drug-likeness (QED) is 0.512. The van der Waals surface area contributed by atoms with Gasteiger partial charge >= 0.3 is 0 Å². The average molecular weight is 400 g/mol. The summed E-state index contributed by atoms with van der Waals surface area (Å²) in [5, 5.41) is 0.570. The first kappa shape index (κ1) is 18.3. The van der Waals surface area contributed by atoms with Crippen LogP contribution < -0.4 is 16.7 Å². The van der Waals surface area contributed by atoms with E-state index in [2.05, 4.69) is 14.9 Å². The molecule has 0 unspecified atom stereocenters. The summed E-state index contributed by atoms with van der Waals surface area (Å²) in [6.45, 7) is 1.56. The molecule has 30 heavy (non-hydrogen) atoms. The number of hydrogen-bond acceptors (Lipinski definition) is 6. The third-order valence-electron chi connectivity index (χ3n) is 5.48. The lowest BCUT2D eigenvalue weighted by Crippen LogP contribution is -2.36. The Balaban J connectivity index is 1.42. The molecule has 3 heterocycles. The average Bonchev–Trinajstić information content (AvgIpc) is 2.77. The van der Waals surface area contributed by atoms with E-state index in [0.717, 1.165) is 11.3 Å². The summed E-state index contributed by atoms with van der Waals surface area (Å²) in [5.41, 5.74) is 9.63. The molecule has 150 valence electrons. The lowest BCUT2D eigenvalue weighted by molar-refractivity contribution is 0.239. The molecule has 0 saturated carbocycles.